The fourth-order valence-electron chi connectivity index (χ4n) is 4.29. The van der Waals surface area contributed by atoms with Crippen molar-refractivity contribution in [2.45, 2.75) is 43.4 Å². The van der Waals surface area contributed by atoms with Crippen molar-refractivity contribution in [1.82, 2.24) is 20.0 Å². The van der Waals surface area contributed by atoms with Crippen LogP contribution in [0, 0.1) is 17.8 Å². The third-order valence-corrected chi connectivity index (χ3v) is 6.49. The summed E-state index contributed by atoms with van der Waals surface area (Å²) < 4.78 is 2.22. The number of hydrogen-bond acceptors (Lipinski definition) is 4. The molecule has 0 aromatic carbocycles. The molecule has 5 heteroatoms. The number of nitrogens with one attached hydrogen (secondary N) is 2. The van der Waals surface area contributed by atoms with E-state index in [9.17, 15) is 0 Å². The van der Waals surface area contributed by atoms with E-state index in [0.29, 0.717) is 11.2 Å². The Morgan fingerprint density at radius 2 is 2.12 bits per heavy atom. The molecule has 1 aliphatic carbocycles. The van der Waals surface area contributed by atoms with Gasteiger partial charge in [-0.05, 0) is 50.9 Å². The largest absolute Gasteiger partial charge is 0.377 e. The summed E-state index contributed by atoms with van der Waals surface area (Å²) in [6.07, 6.45) is 4.12. The number of hydrogen-bond donors (Lipinski definition) is 2. The number of allylic oxidation sites excluding steroid dienone is 1. The molecule has 3 heterocycles. The van der Waals surface area contributed by atoms with Gasteiger partial charge in [0.15, 0.2) is 0 Å². The Balaban J connectivity index is 1.58. The Morgan fingerprint density at radius 1 is 1.40 bits per heavy atom. The quantitative estimate of drug-likeness (QED) is 0.776. The molecule has 2 aliphatic rings. The van der Waals surface area contributed by atoms with Crippen LogP contribution in [0.2, 0.25) is 0 Å². The van der Waals surface area contributed by atoms with Crippen LogP contribution in [-0.4, -0.2) is 27.7 Å². The van der Waals surface area contributed by atoms with Gasteiger partial charge in [0.1, 0.15) is 5.82 Å². The predicted molar refractivity (Wildman–Crippen MR) is 105 cm³/mol. The fraction of sp³-hybridized carbons (Fsp3) is 0.550. The van der Waals surface area contributed by atoms with Gasteiger partial charge in [0.05, 0.1) is 17.3 Å². The van der Waals surface area contributed by atoms with Gasteiger partial charge in [-0.2, -0.15) is 0 Å². The molecule has 4 nitrogen and oxygen atoms in total. The van der Waals surface area contributed by atoms with Crippen LogP contribution >= 0.6 is 11.8 Å². The first-order valence-electron chi connectivity index (χ1n) is 9.19. The average molecular weight is 357 g/mol. The van der Waals surface area contributed by atoms with E-state index in [1.807, 2.05) is 18.0 Å². The van der Waals surface area contributed by atoms with E-state index in [1.54, 1.807) is 0 Å². The second-order valence-corrected chi connectivity index (χ2v) is 9.78. The van der Waals surface area contributed by atoms with Gasteiger partial charge >= 0.3 is 0 Å². The highest BCUT2D eigenvalue weighted by atomic mass is 32.2. The van der Waals surface area contributed by atoms with Crippen LogP contribution < -0.4 is 10.6 Å². The number of fused-ring (bicyclic) bond motifs is 2. The van der Waals surface area contributed by atoms with Crippen molar-refractivity contribution in [2.24, 2.45) is 17.8 Å². The van der Waals surface area contributed by atoms with Gasteiger partial charge in [-0.25, -0.2) is 4.98 Å². The average Bonchev–Trinajstić information content (AvgIpc) is 2.89. The highest BCUT2D eigenvalue weighted by molar-refractivity contribution is 8.00. The molecule has 2 aromatic heterocycles. The van der Waals surface area contributed by atoms with Gasteiger partial charge < -0.3 is 15.0 Å². The van der Waals surface area contributed by atoms with Crippen LogP contribution in [0.15, 0.2) is 41.7 Å². The van der Waals surface area contributed by atoms with E-state index < -0.39 is 0 Å². The van der Waals surface area contributed by atoms with Crippen LogP contribution in [0.1, 0.15) is 33.5 Å². The summed E-state index contributed by atoms with van der Waals surface area (Å²) in [7, 11) is 0. The molecule has 25 heavy (non-hydrogen) atoms. The minimum Gasteiger partial charge on any atom is -0.377 e. The number of nitrogens with zero attached hydrogens (tertiary/aromatic N) is 2. The fourth-order valence-corrected chi connectivity index (χ4v) is 5.22. The van der Waals surface area contributed by atoms with Crippen molar-refractivity contribution >= 4 is 17.3 Å². The second-order valence-electron chi connectivity index (χ2n) is 8.16. The molecule has 2 fully saturated rings. The first-order chi connectivity index (χ1) is 11.9. The normalized spacial score (nSPS) is 25.4. The van der Waals surface area contributed by atoms with E-state index in [2.05, 4.69) is 67.6 Å². The summed E-state index contributed by atoms with van der Waals surface area (Å²) in [5.41, 5.74) is 2.10. The van der Waals surface area contributed by atoms with Crippen molar-refractivity contribution in [3.8, 4) is 0 Å². The summed E-state index contributed by atoms with van der Waals surface area (Å²) in [6.45, 7) is 15.5. The number of thioether (sulfide) groups is 1. The maximum absolute atomic E-state index is 4.77. The number of rotatable bonds is 6. The molecule has 2 aromatic rings. The summed E-state index contributed by atoms with van der Waals surface area (Å²) in [5.74, 6) is 3.22. The molecule has 0 bridgehead atoms. The van der Waals surface area contributed by atoms with Gasteiger partial charge in [-0.1, -0.05) is 20.4 Å². The van der Waals surface area contributed by atoms with Crippen LogP contribution in [0.25, 0.3) is 5.52 Å². The molecule has 0 amide bonds. The van der Waals surface area contributed by atoms with Crippen molar-refractivity contribution in [1.29, 1.82) is 0 Å². The van der Waals surface area contributed by atoms with Crippen molar-refractivity contribution in [3.63, 3.8) is 0 Å². The lowest BCUT2D eigenvalue weighted by Crippen LogP contribution is -2.38. The Kier molecular flexibility index (Phi) is 4.12. The zero-order chi connectivity index (χ0) is 17.8. The molecule has 2 N–H and O–H groups in total. The standard InChI is InChI=1S/C20H28N4S/c1-12(2)25-17-7-6-8-24-16(17)11-22-19(24)20(4,5)23-13(3)18-14-9-21-10-15(14)18/h6-8,11-12,14-15,18,21,23H,3,9-10H2,1-2,4-5H3. The summed E-state index contributed by atoms with van der Waals surface area (Å²) in [4.78, 5) is 6.06. The molecule has 134 valence electrons. The Morgan fingerprint density at radius 3 is 2.80 bits per heavy atom. The zero-order valence-corrected chi connectivity index (χ0v) is 16.4. The lowest BCUT2D eigenvalue weighted by molar-refractivity contribution is 0.401. The number of aromatic nitrogens is 2. The zero-order valence-electron chi connectivity index (χ0n) is 15.5. The van der Waals surface area contributed by atoms with Gasteiger partial charge in [0.2, 0.25) is 0 Å². The molecule has 1 saturated carbocycles. The van der Waals surface area contributed by atoms with Crippen molar-refractivity contribution in [2.75, 3.05) is 13.1 Å². The number of piperidine rings is 1. The van der Waals surface area contributed by atoms with Gasteiger partial charge in [-0.15, -0.1) is 11.8 Å². The molecule has 4 rings (SSSR count). The highest BCUT2D eigenvalue weighted by Crippen LogP contribution is 2.52. The SMILES string of the molecule is C=C(NC(C)(C)c1ncc2c(SC(C)C)cccn12)C1C2CNCC21. The molecule has 2 unspecified atom stereocenters. The molecule has 1 saturated heterocycles. The third-order valence-electron chi connectivity index (χ3n) is 5.42. The summed E-state index contributed by atoms with van der Waals surface area (Å²) in [5, 5.41) is 7.70. The van der Waals surface area contributed by atoms with E-state index >= 15 is 0 Å². The minimum atomic E-state index is -0.255. The smallest absolute Gasteiger partial charge is 0.138 e. The summed E-state index contributed by atoms with van der Waals surface area (Å²) >= 11 is 1.89. The van der Waals surface area contributed by atoms with E-state index in [4.69, 9.17) is 4.98 Å². The number of imidazole rings is 1. The van der Waals surface area contributed by atoms with Gasteiger partial charge in [0.25, 0.3) is 0 Å². The molecule has 0 radical (unpaired) electrons. The monoisotopic (exact) mass is 356 g/mol. The van der Waals surface area contributed by atoms with Crippen LogP contribution in [-0.2, 0) is 5.54 Å². The summed E-state index contributed by atoms with van der Waals surface area (Å²) in [6, 6.07) is 4.30. The van der Waals surface area contributed by atoms with E-state index in [-0.39, 0.29) is 5.54 Å². The predicted octanol–water partition coefficient (Wildman–Crippen LogP) is 3.64. The number of pyridine rings is 1. The Hall–Kier alpha value is -1.46. The molecule has 0 spiro atoms. The topological polar surface area (TPSA) is 41.4 Å². The first-order valence-corrected chi connectivity index (χ1v) is 10.1. The van der Waals surface area contributed by atoms with Gasteiger partial charge in [0, 0.05) is 28.0 Å². The molecular formula is C20H28N4S. The first kappa shape index (κ1) is 17.0. The lowest BCUT2D eigenvalue weighted by atomic mass is 10.0. The van der Waals surface area contributed by atoms with E-state index in [1.165, 1.54) is 16.1 Å². The van der Waals surface area contributed by atoms with Crippen LogP contribution in [0.5, 0.6) is 0 Å². The van der Waals surface area contributed by atoms with Crippen LogP contribution in [0.3, 0.4) is 0 Å². The van der Waals surface area contributed by atoms with Crippen molar-refractivity contribution < 1.29 is 0 Å². The molecule has 2 atom stereocenters. The van der Waals surface area contributed by atoms with Crippen LogP contribution in [0.4, 0.5) is 0 Å². The second kappa shape index (κ2) is 6.06. The lowest BCUT2D eigenvalue weighted by Gasteiger charge is -2.28. The molecular weight excluding hydrogens is 328 g/mol. The van der Waals surface area contributed by atoms with Crippen molar-refractivity contribution in [3.05, 3.63) is 42.6 Å². The molecule has 1 aliphatic heterocycles. The van der Waals surface area contributed by atoms with Gasteiger partial charge in [-0.3, -0.25) is 0 Å². The highest BCUT2D eigenvalue weighted by Gasteiger charge is 2.54. The minimum absolute atomic E-state index is 0.255. The Labute approximate surface area is 154 Å². The van der Waals surface area contributed by atoms with E-state index in [0.717, 1.165) is 30.7 Å². The maximum atomic E-state index is 4.77. The third kappa shape index (κ3) is 2.97. The Bertz CT molecular complexity index is 797. The maximum Gasteiger partial charge on any atom is 0.138 e.